The molecule has 1 aliphatic rings. The number of halogens is 2. The van der Waals surface area contributed by atoms with Gasteiger partial charge in [0.25, 0.3) is 5.91 Å². The van der Waals surface area contributed by atoms with Crippen LogP contribution in [0.2, 0.25) is 5.02 Å². The van der Waals surface area contributed by atoms with E-state index < -0.39 is 5.82 Å². The Kier molecular flexibility index (Phi) is 5.82. The summed E-state index contributed by atoms with van der Waals surface area (Å²) < 4.78 is 15.0. The number of nitrogens with zero attached hydrogens (tertiary/aromatic N) is 4. The second-order valence-corrected chi connectivity index (χ2v) is 7.79. The minimum Gasteiger partial charge on any atom is -0.349 e. The van der Waals surface area contributed by atoms with Crippen LogP contribution in [0.4, 0.5) is 10.1 Å². The van der Waals surface area contributed by atoms with Crippen molar-refractivity contribution >= 4 is 34.7 Å². The molecular weight excluding hydrogens is 423 g/mol. The lowest BCUT2D eigenvalue weighted by molar-refractivity contribution is -0.120. The predicted octanol–water partition coefficient (Wildman–Crippen LogP) is 3.32. The Labute approximate surface area is 182 Å². The first-order valence-corrected chi connectivity index (χ1v) is 10.1. The summed E-state index contributed by atoms with van der Waals surface area (Å²) in [5.41, 5.74) is 0.973. The van der Waals surface area contributed by atoms with Gasteiger partial charge in [-0.3, -0.25) is 9.59 Å². The zero-order valence-electron chi connectivity index (χ0n) is 16.3. The lowest BCUT2D eigenvalue weighted by Gasteiger charge is -2.28. The van der Waals surface area contributed by atoms with Gasteiger partial charge in [-0.15, -0.1) is 0 Å². The van der Waals surface area contributed by atoms with E-state index >= 15 is 0 Å². The number of benzene rings is 1. The summed E-state index contributed by atoms with van der Waals surface area (Å²) in [7, 11) is 0. The Hall–Kier alpha value is -3.51. The molecule has 1 saturated carbocycles. The highest BCUT2D eigenvalue weighted by molar-refractivity contribution is 6.34. The van der Waals surface area contributed by atoms with Crippen molar-refractivity contribution in [2.45, 2.75) is 31.7 Å². The van der Waals surface area contributed by atoms with Gasteiger partial charge in [-0.25, -0.2) is 13.9 Å². The van der Waals surface area contributed by atoms with Gasteiger partial charge in [0.2, 0.25) is 5.91 Å². The minimum atomic E-state index is -0.641. The van der Waals surface area contributed by atoms with E-state index in [4.69, 9.17) is 11.6 Å². The van der Waals surface area contributed by atoms with E-state index in [1.165, 1.54) is 10.7 Å². The van der Waals surface area contributed by atoms with Crippen molar-refractivity contribution < 1.29 is 14.0 Å². The highest BCUT2D eigenvalue weighted by Gasteiger charge is 2.29. The lowest BCUT2D eigenvalue weighted by atomic mass is 9.85. The quantitative estimate of drug-likeness (QED) is 0.646. The molecule has 10 heteroatoms. The molecular formula is C21H18ClFN6O2. The number of hydrogen-bond acceptors (Lipinski definition) is 5. The number of aromatic nitrogens is 3. The van der Waals surface area contributed by atoms with Gasteiger partial charge >= 0.3 is 0 Å². The number of amides is 2. The number of rotatable bonds is 4. The Balaban J connectivity index is 1.35. The third kappa shape index (κ3) is 4.34. The van der Waals surface area contributed by atoms with Gasteiger partial charge in [0, 0.05) is 24.4 Å². The zero-order chi connectivity index (χ0) is 22.0. The maximum Gasteiger partial charge on any atom is 0.256 e. The third-order valence-corrected chi connectivity index (χ3v) is 5.68. The van der Waals surface area contributed by atoms with Crippen LogP contribution in [-0.2, 0) is 4.79 Å². The SMILES string of the molecule is N#Cc1cc(F)cc(Cl)c1NC(=O)[C@H]1CC[C@H](NC(=O)c2cnn3cccnc23)CC1. The summed E-state index contributed by atoms with van der Waals surface area (Å²) in [5.74, 6) is -1.46. The summed E-state index contributed by atoms with van der Waals surface area (Å²) in [6.45, 7) is 0. The van der Waals surface area contributed by atoms with E-state index in [1.807, 2.05) is 6.07 Å². The van der Waals surface area contributed by atoms with Crippen molar-refractivity contribution in [2.75, 3.05) is 5.32 Å². The van der Waals surface area contributed by atoms with Crippen molar-refractivity contribution in [1.29, 1.82) is 5.26 Å². The van der Waals surface area contributed by atoms with E-state index in [9.17, 15) is 19.2 Å². The number of anilines is 1. The predicted molar refractivity (Wildman–Crippen MR) is 111 cm³/mol. The average Bonchev–Trinajstić information content (AvgIpc) is 3.20. The number of hydrogen-bond donors (Lipinski definition) is 2. The van der Waals surface area contributed by atoms with Crippen LogP contribution in [0.1, 0.15) is 41.6 Å². The molecule has 3 aromatic rings. The van der Waals surface area contributed by atoms with Crippen LogP contribution in [0.5, 0.6) is 0 Å². The first-order chi connectivity index (χ1) is 15.0. The van der Waals surface area contributed by atoms with Gasteiger partial charge in [0.15, 0.2) is 5.65 Å². The van der Waals surface area contributed by atoms with Crippen molar-refractivity contribution in [3.05, 3.63) is 58.8 Å². The standard InChI is InChI=1S/C21H18ClFN6O2/c22-17-9-14(23)8-13(10-24)18(17)28-20(30)12-2-4-15(5-3-12)27-21(31)16-11-26-29-7-1-6-25-19(16)29/h1,6-9,11-12,15H,2-5H2,(H,27,31)(H,28,30)/t12-,15-. The van der Waals surface area contributed by atoms with Gasteiger partial charge < -0.3 is 10.6 Å². The molecule has 0 radical (unpaired) electrons. The van der Waals surface area contributed by atoms with Crippen molar-refractivity contribution in [1.82, 2.24) is 19.9 Å². The van der Waals surface area contributed by atoms with E-state index in [2.05, 4.69) is 20.7 Å². The first-order valence-electron chi connectivity index (χ1n) is 9.75. The number of fused-ring (bicyclic) bond motifs is 1. The van der Waals surface area contributed by atoms with Gasteiger partial charge in [-0.05, 0) is 43.9 Å². The van der Waals surface area contributed by atoms with E-state index in [1.54, 1.807) is 18.5 Å². The van der Waals surface area contributed by atoms with Crippen molar-refractivity contribution in [3.63, 3.8) is 0 Å². The molecule has 0 aliphatic heterocycles. The fourth-order valence-electron chi connectivity index (χ4n) is 3.76. The topological polar surface area (TPSA) is 112 Å². The molecule has 2 N–H and O–H groups in total. The van der Waals surface area contributed by atoms with Gasteiger partial charge in [0.1, 0.15) is 17.4 Å². The third-order valence-electron chi connectivity index (χ3n) is 5.38. The molecule has 2 aromatic heterocycles. The summed E-state index contributed by atoms with van der Waals surface area (Å²) in [6.07, 6.45) is 7.17. The highest BCUT2D eigenvalue weighted by atomic mass is 35.5. The van der Waals surface area contributed by atoms with Crippen LogP contribution in [0.15, 0.2) is 36.8 Å². The average molecular weight is 441 g/mol. The molecule has 1 aliphatic carbocycles. The molecule has 8 nitrogen and oxygen atoms in total. The molecule has 0 atom stereocenters. The number of nitrogens with one attached hydrogen (secondary N) is 2. The molecule has 4 rings (SSSR count). The molecule has 1 fully saturated rings. The van der Waals surface area contributed by atoms with Gasteiger partial charge in [-0.1, -0.05) is 11.6 Å². The summed E-state index contributed by atoms with van der Waals surface area (Å²) in [5, 5.41) is 18.9. The van der Waals surface area contributed by atoms with Crippen LogP contribution < -0.4 is 10.6 Å². The van der Waals surface area contributed by atoms with Crippen molar-refractivity contribution in [2.24, 2.45) is 5.92 Å². The molecule has 2 amide bonds. The van der Waals surface area contributed by atoms with Gasteiger partial charge in [-0.2, -0.15) is 10.4 Å². The second-order valence-electron chi connectivity index (χ2n) is 7.38. The highest BCUT2D eigenvalue weighted by Crippen LogP contribution is 2.30. The van der Waals surface area contributed by atoms with E-state index in [0.29, 0.717) is 36.9 Å². The molecule has 0 saturated heterocycles. The minimum absolute atomic E-state index is 0.0205. The molecule has 0 bridgehead atoms. The molecule has 1 aromatic carbocycles. The summed E-state index contributed by atoms with van der Waals surface area (Å²) in [6, 6.07) is 5.59. The fraction of sp³-hybridized carbons (Fsp3) is 0.286. The monoisotopic (exact) mass is 440 g/mol. The Morgan fingerprint density at radius 1 is 1.26 bits per heavy atom. The molecule has 158 valence electrons. The largest absolute Gasteiger partial charge is 0.349 e. The van der Waals surface area contributed by atoms with Crippen LogP contribution in [0.25, 0.3) is 5.65 Å². The summed E-state index contributed by atoms with van der Waals surface area (Å²) >= 11 is 6.00. The maximum atomic E-state index is 13.4. The van der Waals surface area contributed by atoms with Gasteiger partial charge in [0.05, 0.1) is 22.5 Å². The van der Waals surface area contributed by atoms with Crippen LogP contribution >= 0.6 is 11.6 Å². The summed E-state index contributed by atoms with van der Waals surface area (Å²) in [4.78, 5) is 29.5. The van der Waals surface area contributed by atoms with Crippen LogP contribution in [-0.4, -0.2) is 32.5 Å². The first kappa shape index (κ1) is 20.8. The van der Waals surface area contributed by atoms with Crippen LogP contribution in [0.3, 0.4) is 0 Å². The Morgan fingerprint density at radius 3 is 2.77 bits per heavy atom. The zero-order valence-corrected chi connectivity index (χ0v) is 17.1. The maximum absolute atomic E-state index is 13.4. The lowest BCUT2D eigenvalue weighted by Crippen LogP contribution is -2.39. The molecule has 31 heavy (non-hydrogen) atoms. The van der Waals surface area contributed by atoms with E-state index in [0.717, 1.165) is 12.1 Å². The molecule has 2 heterocycles. The smallest absolute Gasteiger partial charge is 0.256 e. The normalized spacial score (nSPS) is 18.4. The fourth-order valence-corrected chi connectivity index (χ4v) is 4.02. The number of carbonyl (C=O) groups excluding carboxylic acids is 2. The number of carbonyl (C=O) groups is 2. The second kappa shape index (κ2) is 8.70. The Bertz CT molecular complexity index is 1200. The van der Waals surface area contributed by atoms with E-state index in [-0.39, 0.29) is 40.0 Å². The Morgan fingerprint density at radius 2 is 2.03 bits per heavy atom. The number of nitriles is 1. The molecule has 0 spiro atoms. The molecule has 0 unspecified atom stereocenters. The van der Waals surface area contributed by atoms with Crippen molar-refractivity contribution in [3.8, 4) is 6.07 Å². The van der Waals surface area contributed by atoms with Crippen LogP contribution in [0, 0.1) is 23.1 Å².